The minimum Gasteiger partial charge on any atom is -0.490 e. The third-order valence-electron chi connectivity index (χ3n) is 3.67. The highest BCUT2D eigenvalue weighted by molar-refractivity contribution is 5.99. The van der Waals surface area contributed by atoms with E-state index in [0.717, 1.165) is 36.1 Å². The molecule has 20 heavy (non-hydrogen) atoms. The maximum Gasteiger partial charge on any atom is 0.163 e. The Kier molecular flexibility index (Phi) is 5.05. The molecule has 1 unspecified atom stereocenters. The second kappa shape index (κ2) is 6.78. The van der Waals surface area contributed by atoms with Crippen molar-refractivity contribution < 1.29 is 14.3 Å². The standard InChI is InChI=1S/C17H24O3/c1-4-8-19-16-10-13-12(3)6-7-15(18)14(13)11-17(16)20-9-5-2/h10-12H,4-9H2,1-3H3. The Morgan fingerprint density at radius 1 is 1.10 bits per heavy atom. The van der Waals surface area contributed by atoms with Crippen LogP contribution in [0.4, 0.5) is 0 Å². The van der Waals surface area contributed by atoms with Crippen molar-refractivity contribution in [1.82, 2.24) is 0 Å². The van der Waals surface area contributed by atoms with Gasteiger partial charge in [-0.25, -0.2) is 0 Å². The number of benzene rings is 1. The van der Waals surface area contributed by atoms with Crippen molar-refractivity contribution in [3.8, 4) is 11.5 Å². The summed E-state index contributed by atoms with van der Waals surface area (Å²) in [7, 11) is 0. The molecule has 3 nitrogen and oxygen atoms in total. The van der Waals surface area contributed by atoms with Gasteiger partial charge < -0.3 is 9.47 Å². The van der Waals surface area contributed by atoms with Crippen LogP contribution in [0.15, 0.2) is 12.1 Å². The van der Waals surface area contributed by atoms with Crippen LogP contribution in [0, 0.1) is 0 Å². The van der Waals surface area contributed by atoms with E-state index in [1.54, 1.807) is 0 Å². The van der Waals surface area contributed by atoms with E-state index in [1.807, 2.05) is 12.1 Å². The average molecular weight is 276 g/mol. The Balaban J connectivity index is 2.37. The molecule has 110 valence electrons. The van der Waals surface area contributed by atoms with Crippen molar-refractivity contribution in [3.05, 3.63) is 23.3 Å². The van der Waals surface area contributed by atoms with Crippen molar-refractivity contribution in [2.24, 2.45) is 0 Å². The van der Waals surface area contributed by atoms with Crippen LogP contribution in [-0.2, 0) is 0 Å². The SMILES string of the molecule is CCCOc1cc2c(cc1OCCC)C(C)CCC2=O. The summed E-state index contributed by atoms with van der Waals surface area (Å²) in [5, 5.41) is 0. The number of Topliss-reactive ketones (excluding diaryl/α,β-unsaturated/α-hetero) is 1. The number of hydrogen-bond donors (Lipinski definition) is 0. The van der Waals surface area contributed by atoms with Crippen LogP contribution in [0.1, 0.15) is 68.3 Å². The van der Waals surface area contributed by atoms with E-state index in [0.29, 0.717) is 31.3 Å². The van der Waals surface area contributed by atoms with Gasteiger partial charge in [0, 0.05) is 12.0 Å². The first-order valence-electron chi connectivity index (χ1n) is 7.64. The van der Waals surface area contributed by atoms with E-state index in [1.165, 1.54) is 0 Å². The highest BCUT2D eigenvalue weighted by Gasteiger charge is 2.25. The zero-order valence-corrected chi connectivity index (χ0v) is 12.7. The molecule has 3 heteroatoms. The van der Waals surface area contributed by atoms with Gasteiger partial charge in [-0.2, -0.15) is 0 Å². The molecule has 0 heterocycles. The van der Waals surface area contributed by atoms with Crippen molar-refractivity contribution in [2.75, 3.05) is 13.2 Å². The fourth-order valence-electron chi connectivity index (χ4n) is 2.51. The zero-order chi connectivity index (χ0) is 14.5. The summed E-state index contributed by atoms with van der Waals surface area (Å²) >= 11 is 0. The number of carbonyl (C=O) groups excluding carboxylic acids is 1. The Bertz CT molecular complexity index is 479. The molecule has 0 amide bonds. The normalized spacial score (nSPS) is 17.8. The van der Waals surface area contributed by atoms with Gasteiger partial charge in [0.25, 0.3) is 0 Å². The molecule has 0 saturated heterocycles. The van der Waals surface area contributed by atoms with Crippen LogP contribution in [-0.4, -0.2) is 19.0 Å². The summed E-state index contributed by atoms with van der Waals surface area (Å²) in [6.07, 6.45) is 3.46. The topological polar surface area (TPSA) is 35.5 Å². The Morgan fingerprint density at radius 2 is 1.70 bits per heavy atom. The Hall–Kier alpha value is -1.51. The first-order chi connectivity index (χ1) is 9.67. The summed E-state index contributed by atoms with van der Waals surface area (Å²) in [6.45, 7) is 7.63. The molecule has 1 aliphatic rings. The molecular weight excluding hydrogens is 252 g/mol. The number of carbonyl (C=O) groups is 1. The minimum absolute atomic E-state index is 0.224. The van der Waals surface area contributed by atoms with Crippen molar-refractivity contribution in [3.63, 3.8) is 0 Å². The van der Waals surface area contributed by atoms with Gasteiger partial charge in [0.05, 0.1) is 13.2 Å². The van der Waals surface area contributed by atoms with E-state index in [9.17, 15) is 4.79 Å². The lowest BCUT2D eigenvalue weighted by atomic mass is 9.83. The molecule has 0 aliphatic heterocycles. The third-order valence-corrected chi connectivity index (χ3v) is 3.67. The maximum absolute atomic E-state index is 12.1. The molecule has 0 saturated carbocycles. The maximum atomic E-state index is 12.1. The molecule has 1 aliphatic carbocycles. The van der Waals surface area contributed by atoms with Crippen LogP contribution in [0.2, 0.25) is 0 Å². The van der Waals surface area contributed by atoms with E-state index >= 15 is 0 Å². The smallest absolute Gasteiger partial charge is 0.163 e. The number of rotatable bonds is 6. The van der Waals surface area contributed by atoms with Crippen LogP contribution in [0.3, 0.4) is 0 Å². The zero-order valence-electron chi connectivity index (χ0n) is 12.7. The van der Waals surface area contributed by atoms with Crippen LogP contribution in [0.25, 0.3) is 0 Å². The number of fused-ring (bicyclic) bond motifs is 1. The average Bonchev–Trinajstić information content (AvgIpc) is 2.46. The second-order valence-corrected chi connectivity index (χ2v) is 5.45. The van der Waals surface area contributed by atoms with E-state index < -0.39 is 0 Å². The summed E-state index contributed by atoms with van der Waals surface area (Å²) < 4.78 is 11.6. The molecular formula is C17H24O3. The van der Waals surface area contributed by atoms with Gasteiger partial charge in [0.1, 0.15) is 0 Å². The molecule has 0 radical (unpaired) electrons. The summed E-state index contributed by atoms with van der Waals surface area (Å²) in [5.41, 5.74) is 1.93. The fraction of sp³-hybridized carbons (Fsp3) is 0.588. The minimum atomic E-state index is 0.224. The van der Waals surface area contributed by atoms with Crippen molar-refractivity contribution in [1.29, 1.82) is 0 Å². The predicted octanol–water partition coefficient (Wildman–Crippen LogP) is 4.34. The van der Waals surface area contributed by atoms with Gasteiger partial charge in [0.2, 0.25) is 0 Å². The molecule has 1 aromatic rings. The predicted molar refractivity (Wildman–Crippen MR) is 80.0 cm³/mol. The molecule has 0 aromatic heterocycles. The molecule has 1 atom stereocenters. The molecule has 0 bridgehead atoms. The highest BCUT2D eigenvalue weighted by Crippen LogP contribution is 2.39. The number of ketones is 1. The number of hydrogen-bond acceptors (Lipinski definition) is 3. The molecule has 2 rings (SSSR count). The summed E-state index contributed by atoms with van der Waals surface area (Å²) in [4.78, 5) is 12.1. The van der Waals surface area contributed by atoms with E-state index in [2.05, 4.69) is 20.8 Å². The third kappa shape index (κ3) is 3.14. The van der Waals surface area contributed by atoms with E-state index in [-0.39, 0.29) is 5.78 Å². The molecule has 0 spiro atoms. The van der Waals surface area contributed by atoms with Gasteiger partial charge in [-0.05, 0) is 42.9 Å². The summed E-state index contributed by atoms with van der Waals surface area (Å²) in [6, 6.07) is 3.89. The lowest BCUT2D eigenvalue weighted by Crippen LogP contribution is -2.15. The Labute approximate surface area is 121 Å². The second-order valence-electron chi connectivity index (χ2n) is 5.45. The fourth-order valence-corrected chi connectivity index (χ4v) is 2.51. The van der Waals surface area contributed by atoms with Gasteiger partial charge in [0.15, 0.2) is 17.3 Å². The van der Waals surface area contributed by atoms with Crippen LogP contribution < -0.4 is 9.47 Å². The van der Waals surface area contributed by atoms with Crippen molar-refractivity contribution >= 4 is 5.78 Å². The lowest BCUT2D eigenvalue weighted by Gasteiger charge is -2.24. The van der Waals surface area contributed by atoms with Crippen molar-refractivity contribution in [2.45, 2.75) is 52.4 Å². The lowest BCUT2D eigenvalue weighted by molar-refractivity contribution is 0.0967. The monoisotopic (exact) mass is 276 g/mol. The van der Waals surface area contributed by atoms with Crippen LogP contribution >= 0.6 is 0 Å². The van der Waals surface area contributed by atoms with Gasteiger partial charge >= 0.3 is 0 Å². The quantitative estimate of drug-likeness (QED) is 0.775. The first-order valence-corrected chi connectivity index (χ1v) is 7.64. The molecule has 1 aromatic carbocycles. The highest BCUT2D eigenvalue weighted by atomic mass is 16.5. The largest absolute Gasteiger partial charge is 0.490 e. The van der Waals surface area contributed by atoms with Gasteiger partial charge in [-0.1, -0.05) is 20.8 Å². The molecule has 0 fully saturated rings. The van der Waals surface area contributed by atoms with E-state index in [4.69, 9.17) is 9.47 Å². The Morgan fingerprint density at radius 3 is 2.30 bits per heavy atom. The number of ether oxygens (including phenoxy) is 2. The van der Waals surface area contributed by atoms with Gasteiger partial charge in [-0.15, -0.1) is 0 Å². The van der Waals surface area contributed by atoms with Crippen LogP contribution in [0.5, 0.6) is 11.5 Å². The summed E-state index contributed by atoms with van der Waals surface area (Å²) in [5.74, 6) is 2.12. The first kappa shape index (κ1) is 14.9. The van der Waals surface area contributed by atoms with Gasteiger partial charge in [-0.3, -0.25) is 4.79 Å². The molecule has 0 N–H and O–H groups in total.